The van der Waals surface area contributed by atoms with Crippen LogP contribution in [0.25, 0.3) is 16.6 Å². The van der Waals surface area contributed by atoms with Crippen LogP contribution in [-0.4, -0.2) is 22.2 Å². The third-order valence-electron chi connectivity index (χ3n) is 3.84. The summed E-state index contributed by atoms with van der Waals surface area (Å²) in [6.45, 7) is 4.23. The Morgan fingerprint density at radius 3 is 2.67 bits per heavy atom. The Morgan fingerprint density at radius 2 is 2.00 bits per heavy atom. The van der Waals surface area contributed by atoms with Crippen LogP contribution < -0.4 is 4.74 Å². The lowest BCUT2D eigenvalue weighted by atomic mass is 10.0. The van der Waals surface area contributed by atoms with Gasteiger partial charge < -0.3 is 9.14 Å². The molecule has 0 aliphatic rings. The van der Waals surface area contributed by atoms with Crippen molar-refractivity contribution in [3.63, 3.8) is 0 Å². The largest absolute Gasteiger partial charge is 0.493 e. The van der Waals surface area contributed by atoms with E-state index in [1.807, 2.05) is 38.2 Å². The van der Waals surface area contributed by atoms with Gasteiger partial charge in [0.25, 0.3) is 5.69 Å². The molecule has 0 aliphatic heterocycles. The monoisotopic (exact) mass is 324 g/mol. The van der Waals surface area contributed by atoms with Gasteiger partial charge >= 0.3 is 0 Å². The van der Waals surface area contributed by atoms with E-state index in [9.17, 15) is 14.9 Å². The van der Waals surface area contributed by atoms with E-state index in [0.717, 1.165) is 17.4 Å². The molecule has 0 saturated heterocycles. The molecule has 0 spiro atoms. The van der Waals surface area contributed by atoms with Gasteiger partial charge in [-0.2, -0.15) is 0 Å². The molecule has 0 fully saturated rings. The molecule has 6 nitrogen and oxygen atoms in total. The molecule has 0 aliphatic carbocycles. The van der Waals surface area contributed by atoms with Crippen molar-refractivity contribution >= 4 is 17.5 Å². The molecule has 0 bridgehead atoms. The first-order chi connectivity index (χ1) is 11.5. The number of hydrogen-bond donors (Lipinski definition) is 0. The molecule has 0 N–H and O–H groups in total. The second kappa shape index (κ2) is 6.16. The predicted molar refractivity (Wildman–Crippen MR) is 90.8 cm³/mol. The van der Waals surface area contributed by atoms with Crippen molar-refractivity contribution in [1.29, 1.82) is 0 Å². The zero-order valence-corrected chi connectivity index (χ0v) is 13.4. The van der Waals surface area contributed by atoms with Crippen molar-refractivity contribution in [2.75, 3.05) is 6.61 Å². The number of rotatable bonds is 5. The summed E-state index contributed by atoms with van der Waals surface area (Å²) >= 11 is 0. The molecule has 1 aromatic carbocycles. The maximum Gasteiger partial charge on any atom is 0.270 e. The maximum atomic E-state index is 11.7. The van der Waals surface area contributed by atoms with E-state index in [1.165, 1.54) is 12.1 Å². The average Bonchev–Trinajstić information content (AvgIpc) is 2.92. The fourth-order valence-electron chi connectivity index (χ4n) is 2.77. The highest BCUT2D eigenvalue weighted by molar-refractivity contribution is 5.92. The summed E-state index contributed by atoms with van der Waals surface area (Å²) in [6.07, 6.45) is 2.57. The Labute approximate surface area is 138 Å². The van der Waals surface area contributed by atoms with Gasteiger partial charge in [-0.15, -0.1) is 0 Å². The molecule has 2 aromatic heterocycles. The van der Waals surface area contributed by atoms with Crippen molar-refractivity contribution in [3.8, 4) is 16.9 Å². The topological polar surface area (TPSA) is 73.8 Å². The van der Waals surface area contributed by atoms with E-state index >= 15 is 0 Å². The molecule has 24 heavy (non-hydrogen) atoms. The summed E-state index contributed by atoms with van der Waals surface area (Å²) in [6, 6.07) is 10.1. The van der Waals surface area contributed by atoms with Crippen molar-refractivity contribution < 1.29 is 14.5 Å². The van der Waals surface area contributed by atoms with Crippen LogP contribution in [0, 0.1) is 17.0 Å². The Kier molecular flexibility index (Phi) is 4.04. The Balaban J connectivity index is 2.31. The molecule has 2 heterocycles. The number of benzene rings is 1. The molecule has 0 unspecified atom stereocenters. The zero-order chi connectivity index (χ0) is 17.3. The number of ether oxygens (including phenoxy) is 1. The van der Waals surface area contributed by atoms with Crippen LogP contribution in [0.3, 0.4) is 0 Å². The number of carbonyl (C=O) groups excluding carboxylic acids is 1. The predicted octanol–water partition coefficient (Wildman–Crippen LogP) is 4.03. The zero-order valence-electron chi connectivity index (χ0n) is 13.4. The van der Waals surface area contributed by atoms with Gasteiger partial charge in [0.1, 0.15) is 5.75 Å². The van der Waals surface area contributed by atoms with Crippen molar-refractivity contribution in [3.05, 3.63) is 64.0 Å². The van der Waals surface area contributed by atoms with E-state index in [2.05, 4.69) is 0 Å². The number of fused-ring (bicyclic) bond motifs is 1. The normalized spacial score (nSPS) is 10.8. The second-order valence-corrected chi connectivity index (χ2v) is 5.43. The lowest BCUT2D eigenvalue weighted by Gasteiger charge is -2.09. The fraction of sp³-hybridized carbons (Fsp3) is 0.167. The van der Waals surface area contributed by atoms with Gasteiger partial charge in [-0.25, -0.2) is 0 Å². The number of hydrogen-bond acceptors (Lipinski definition) is 4. The second-order valence-electron chi connectivity index (χ2n) is 5.43. The van der Waals surface area contributed by atoms with Gasteiger partial charge in [-0.1, -0.05) is 0 Å². The minimum Gasteiger partial charge on any atom is -0.493 e. The highest BCUT2D eigenvalue weighted by atomic mass is 16.6. The van der Waals surface area contributed by atoms with Crippen LogP contribution in [0.5, 0.6) is 5.75 Å². The van der Waals surface area contributed by atoms with Gasteiger partial charge in [-0.3, -0.25) is 14.9 Å². The summed E-state index contributed by atoms with van der Waals surface area (Å²) in [5.74, 6) is 0.513. The number of carbonyl (C=O) groups is 1. The Hall–Kier alpha value is -3.15. The smallest absolute Gasteiger partial charge is 0.270 e. The summed E-state index contributed by atoms with van der Waals surface area (Å²) in [4.78, 5) is 22.3. The summed E-state index contributed by atoms with van der Waals surface area (Å²) in [5, 5.41) is 11.1. The van der Waals surface area contributed by atoms with Crippen LogP contribution in [0.4, 0.5) is 5.69 Å². The lowest BCUT2D eigenvalue weighted by molar-refractivity contribution is -0.384. The number of aldehydes is 1. The van der Waals surface area contributed by atoms with Crippen LogP contribution >= 0.6 is 0 Å². The Bertz CT molecular complexity index is 944. The van der Waals surface area contributed by atoms with Gasteiger partial charge in [0.2, 0.25) is 0 Å². The first kappa shape index (κ1) is 15.7. The van der Waals surface area contributed by atoms with Gasteiger partial charge in [0.15, 0.2) is 6.29 Å². The first-order valence-electron chi connectivity index (χ1n) is 7.53. The van der Waals surface area contributed by atoms with E-state index in [1.54, 1.807) is 10.5 Å². The molecule has 0 atom stereocenters. The third-order valence-corrected chi connectivity index (χ3v) is 3.84. The number of aryl methyl sites for hydroxylation is 1. The SMILES string of the molecule is CCOc1ccc([N+](=O)[O-])cc1-c1cc2cc(C)ccn2c1C=O. The molecular formula is C18H16N2O4. The number of nitrogens with zero attached hydrogens (tertiary/aromatic N) is 2. The standard InChI is InChI=1S/C18H16N2O4/c1-3-24-18-5-4-13(20(22)23)9-16(18)15-10-14-8-12(2)6-7-19(14)17(15)11-21/h4-11H,3H2,1-2H3. The lowest BCUT2D eigenvalue weighted by Crippen LogP contribution is -1.98. The quantitative estimate of drug-likeness (QED) is 0.403. The van der Waals surface area contributed by atoms with E-state index in [0.29, 0.717) is 29.2 Å². The summed E-state index contributed by atoms with van der Waals surface area (Å²) in [5.41, 5.74) is 3.45. The van der Waals surface area contributed by atoms with Gasteiger partial charge in [-0.05, 0) is 43.7 Å². The number of nitro benzene ring substituents is 1. The number of non-ortho nitro benzene ring substituents is 1. The van der Waals surface area contributed by atoms with Gasteiger partial charge in [0.05, 0.1) is 17.2 Å². The van der Waals surface area contributed by atoms with Crippen molar-refractivity contribution in [2.45, 2.75) is 13.8 Å². The fourth-order valence-corrected chi connectivity index (χ4v) is 2.77. The van der Waals surface area contributed by atoms with E-state index in [-0.39, 0.29) is 5.69 Å². The highest BCUT2D eigenvalue weighted by Gasteiger charge is 2.19. The van der Waals surface area contributed by atoms with E-state index < -0.39 is 4.92 Å². The number of aromatic nitrogens is 1. The summed E-state index contributed by atoms with van der Waals surface area (Å²) < 4.78 is 7.37. The highest BCUT2D eigenvalue weighted by Crippen LogP contribution is 2.36. The number of nitro groups is 1. The average molecular weight is 324 g/mol. The first-order valence-corrected chi connectivity index (χ1v) is 7.53. The molecule has 6 heteroatoms. The Morgan fingerprint density at radius 1 is 1.21 bits per heavy atom. The van der Waals surface area contributed by atoms with Gasteiger partial charge in [0, 0.05) is 35.0 Å². The third kappa shape index (κ3) is 2.62. The molecule has 122 valence electrons. The summed E-state index contributed by atoms with van der Waals surface area (Å²) in [7, 11) is 0. The van der Waals surface area contributed by atoms with Crippen LogP contribution in [0.1, 0.15) is 23.0 Å². The molecule has 0 amide bonds. The molecule has 3 rings (SSSR count). The molecular weight excluding hydrogens is 308 g/mol. The molecule has 3 aromatic rings. The molecule has 0 radical (unpaired) electrons. The van der Waals surface area contributed by atoms with Crippen LogP contribution in [0.2, 0.25) is 0 Å². The minimum atomic E-state index is -0.459. The maximum absolute atomic E-state index is 11.7. The minimum absolute atomic E-state index is 0.0447. The van der Waals surface area contributed by atoms with Crippen LogP contribution in [0.15, 0.2) is 42.6 Å². The number of pyridine rings is 1. The van der Waals surface area contributed by atoms with E-state index in [4.69, 9.17) is 4.74 Å². The molecule has 0 saturated carbocycles. The van der Waals surface area contributed by atoms with Crippen molar-refractivity contribution in [1.82, 2.24) is 4.40 Å². The van der Waals surface area contributed by atoms with Crippen molar-refractivity contribution in [2.24, 2.45) is 0 Å². The van der Waals surface area contributed by atoms with Crippen LogP contribution in [-0.2, 0) is 0 Å².